The van der Waals surface area contributed by atoms with Crippen molar-refractivity contribution in [2.75, 3.05) is 0 Å². The van der Waals surface area contributed by atoms with Gasteiger partial charge in [0.1, 0.15) is 5.69 Å². The normalized spacial score (nSPS) is 13.6. The van der Waals surface area contributed by atoms with Crippen LogP contribution in [0.2, 0.25) is 0 Å². The number of rotatable bonds is 2. The number of aromatic carboxylic acids is 1. The van der Waals surface area contributed by atoms with Gasteiger partial charge in [-0.3, -0.25) is 0 Å². The molecule has 1 N–H and O–H groups in total. The summed E-state index contributed by atoms with van der Waals surface area (Å²) in [6.07, 6.45) is -8.35. The predicted molar refractivity (Wildman–Crippen MR) is 41.1 cm³/mol. The van der Waals surface area contributed by atoms with Gasteiger partial charge in [-0.15, -0.1) is 0 Å². The Morgan fingerprint density at radius 1 is 1.40 bits per heavy atom. The SMILES string of the molecule is O=C(O)c1cccc(C(F)C(F)(F)F)n1. The third-order valence-electron chi connectivity index (χ3n) is 1.54. The van der Waals surface area contributed by atoms with Crippen molar-refractivity contribution in [3.8, 4) is 0 Å². The minimum Gasteiger partial charge on any atom is -0.477 e. The lowest BCUT2D eigenvalue weighted by molar-refractivity contribution is -0.183. The molecule has 0 amide bonds. The van der Waals surface area contributed by atoms with Gasteiger partial charge in [-0.05, 0) is 12.1 Å². The molecule has 1 aromatic heterocycles. The molecule has 0 bridgehead atoms. The van der Waals surface area contributed by atoms with E-state index < -0.39 is 29.7 Å². The van der Waals surface area contributed by atoms with Gasteiger partial charge in [0.2, 0.25) is 6.17 Å². The summed E-state index contributed by atoms with van der Waals surface area (Å²) < 4.78 is 48.4. The Morgan fingerprint density at radius 2 is 2.00 bits per heavy atom. The highest BCUT2D eigenvalue weighted by atomic mass is 19.4. The number of carbonyl (C=O) groups is 1. The Labute approximate surface area is 81.4 Å². The second-order valence-electron chi connectivity index (χ2n) is 2.66. The molecule has 7 heteroatoms. The molecular formula is C8H5F4NO2. The van der Waals surface area contributed by atoms with Crippen molar-refractivity contribution in [2.24, 2.45) is 0 Å². The molecule has 0 aliphatic rings. The van der Waals surface area contributed by atoms with E-state index in [9.17, 15) is 22.4 Å². The average molecular weight is 223 g/mol. The van der Waals surface area contributed by atoms with Crippen molar-refractivity contribution < 1.29 is 27.5 Å². The number of carboxylic acid groups (broad SMARTS) is 1. The number of hydrogen-bond acceptors (Lipinski definition) is 2. The molecule has 1 unspecified atom stereocenters. The molecule has 3 nitrogen and oxygen atoms in total. The van der Waals surface area contributed by atoms with Crippen molar-refractivity contribution in [3.63, 3.8) is 0 Å². The minimum absolute atomic E-state index is 0.626. The maximum atomic E-state index is 12.7. The average Bonchev–Trinajstić information content (AvgIpc) is 2.15. The van der Waals surface area contributed by atoms with Crippen LogP contribution < -0.4 is 0 Å². The lowest BCUT2D eigenvalue weighted by Crippen LogP contribution is -2.18. The van der Waals surface area contributed by atoms with Crippen LogP contribution in [0.15, 0.2) is 18.2 Å². The Hall–Kier alpha value is -1.66. The van der Waals surface area contributed by atoms with Crippen LogP contribution in [0.1, 0.15) is 22.4 Å². The minimum atomic E-state index is -5.08. The topological polar surface area (TPSA) is 50.2 Å². The summed E-state index contributed by atoms with van der Waals surface area (Å²) in [7, 11) is 0. The smallest absolute Gasteiger partial charge is 0.425 e. The lowest BCUT2D eigenvalue weighted by Gasteiger charge is -2.11. The van der Waals surface area contributed by atoms with Gasteiger partial charge in [0.25, 0.3) is 0 Å². The highest BCUT2D eigenvalue weighted by molar-refractivity contribution is 5.85. The van der Waals surface area contributed by atoms with Gasteiger partial charge in [-0.2, -0.15) is 13.2 Å². The monoisotopic (exact) mass is 223 g/mol. The Morgan fingerprint density at radius 3 is 2.47 bits per heavy atom. The van der Waals surface area contributed by atoms with E-state index in [-0.39, 0.29) is 0 Å². The van der Waals surface area contributed by atoms with Crippen molar-refractivity contribution in [1.29, 1.82) is 0 Å². The van der Waals surface area contributed by atoms with Crippen molar-refractivity contribution in [1.82, 2.24) is 4.98 Å². The Kier molecular flexibility index (Phi) is 2.92. The zero-order valence-electron chi connectivity index (χ0n) is 7.12. The molecular weight excluding hydrogens is 218 g/mol. The molecule has 0 radical (unpaired) electrons. The summed E-state index contributed by atoms with van der Waals surface area (Å²) in [4.78, 5) is 13.4. The second kappa shape index (κ2) is 3.84. The van der Waals surface area contributed by atoms with Crippen LogP contribution in [0, 0.1) is 0 Å². The van der Waals surface area contributed by atoms with E-state index in [1.54, 1.807) is 0 Å². The molecule has 1 rings (SSSR count). The number of carboxylic acids is 1. The summed E-state index contributed by atoms with van der Waals surface area (Å²) in [5, 5.41) is 8.43. The maximum absolute atomic E-state index is 12.7. The van der Waals surface area contributed by atoms with E-state index in [1.807, 2.05) is 0 Å². The van der Waals surface area contributed by atoms with Crippen LogP contribution in [-0.4, -0.2) is 22.2 Å². The highest BCUT2D eigenvalue weighted by Gasteiger charge is 2.42. The third-order valence-corrected chi connectivity index (χ3v) is 1.54. The van der Waals surface area contributed by atoms with Crippen LogP contribution in [0.3, 0.4) is 0 Å². The van der Waals surface area contributed by atoms with Crippen LogP contribution in [0.25, 0.3) is 0 Å². The predicted octanol–water partition coefficient (Wildman–Crippen LogP) is 2.35. The molecule has 0 aromatic carbocycles. The van der Waals surface area contributed by atoms with Gasteiger partial charge in [0.15, 0.2) is 0 Å². The van der Waals surface area contributed by atoms with Gasteiger partial charge >= 0.3 is 12.1 Å². The van der Waals surface area contributed by atoms with Gasteiger partial charge in [-0.25, -0.2) is 14.2 Å². The maximum Gasteiger partial charge on any atom is 0.425 e. The summed E-state index contributed by atoms with van der Waals surface area (Å²) in [5.74, 6) is -1.51. The van der Waals surface area contributed by atoms with Gasteiger partial charge in [-0.1, -0.05) is 6.07 Å². The molecule has 1 heterocycles. The highest BCUT2D eigenvalue weighted by Crippen LogP contribution is 2.34. The first-order chi connectivity index (χ1) is 6.82. The third kappa shape index (κ3) is 2.64. The van der Waals surface area contributed by atoms with E-state index >= 15 is 0 Å². The molecule has 1 atom stereocenters. The van der Waals surface area contributed by atoms with Gasteiger partial charge in [0, 0.05) is 0 Å². The first kappa shape index (κ1) is 11.4. The van der Waals surface area contributed by atoms with Crippen LogP contribution in [-0.2, 0) is 0 Å². The van der Waals surface area contributed by atoms with E-state index in [4.69, 9.17) is 5.11 Å². The largest absolute Gasteiger partial charge is 0.477 e. The van der Waals surface area contributed by atoms with Crippen molar-refractivity contribution in [3.05, 3.63) is 29.6 Å². The molecule has 0 aliphatic heterocycles. The summed E-state index contributed by atoms with van der Waals surface area (Å²) >= 11 is 0. The first-order valence-corrected chi connectivity index (χ1v) is 3.73. The van der Waals surface area contributed by atoms with Crippen molar-refractivity contribution >= 4 is 5.97 Å². The van der Waals surface area contributed by atoms with Crippen LogP contribution in [0.5, 0.6) is 0 Å². The number of hydrogen-bond donors (Lipinski definition) is 1. The summed E-state index contributed by atoms with van der Waals surface area (Å²) in [5.41, 5.74) is -1.58. The van der Waals surface area contributed by atoms with Crippen LogP contribution >= 0.6 is 0 Å². The Bertz CT molecular complexity index is 377. The molecule has 0 aliphatic carbocycles. The van der Waals surface area contributed by atoms with Gasteiger partial charge in [0.05, 0.1) is 5.69 Å². The molecule has 15 heavy (non-hydrogen) atoms. The fourth-order valence-corrected chi connectivity index (χ4v) is 0.879. The van der Waals surface area contributed by atoms with E-state index in [0.29, 0.717) is 0 Å². The van der Waals surface area contributed by atoms with Crippen LogP contribution in [0.4, 0.5) is 17.6 Å². The molecule has 82 valence electrons. The number of aromatic nitrogens is 1. The molecule has 0 saturated carbocycles. The second-order valence-corrected chi connectivity index (χ2v) is 2.66. The molecule has 0 spiro atoms. The van der Waals surface area contributed by atoms with E-state index in [2.05, 4.69) is 4.98 Å². The van der Waals surface area contributed by atoms with E-state index in [0.717, 1.165) is 18.2 Å². The Balaban J connectivity index is 3.06. The molecule has 1 aromatic rings. The fraction of sp³-hybridized carbons (Fsp3) is 0.250. The number of pyridine rings is 1. The first-order valence-electron chi connectivity index (χ1n) is 3.73. The standard InChI is InChI=1S/C8H5F4NO2/c9-6(8(10,11)12)4-2-1-3-5(13-4)7(14)15/h1-3,6H,(H,14,15). The molecule has 0 fully saturated rings. The zero-order valence-corrected chi connectivity index (χ0v) is 7.12. The van der Waals surface area contributed by atoms with Crippen molar-refractivity contribution in [2.45, 2.75) is 12.3 Å². The zero-order chi connectivity index (χ0) is 11.6. The summed E-state index contributed by atoms with van der Waals surface area (Å²) in [6.45, 7) is 0. The van der Waals surface area contributed by atoms with E-state index in [1.165, 1.54) is 0 Å². The lowest BCUT2D eigenvalue weighted by atomic mass is 10.2. The number of alkyl halides is 4. The molecule has 0 saturated heterocycles. The number of nitrogens with zero attached hydrogens (tertiary/aromatic N) is 1. The summed E-state index contributed by atoms with van der Waals surface area (Å²) in [6, 6.07) is 2.77. The van der Waals surface area contributed by atoms with Gasteiger partial charge < -0.3 is 5.11 Å². The number of halogens is 4. The fourth-order valence-electron chi connectivity index (χ4n) is 0.879. The quantitative estimate of drug-likeness (QED) is 0.783.